The van der Waals surface area contributed by atoms with E-state index >= 15 is 0 Å². The number of benzene rings is 16. The van der Waals surface area contributed by atoms with Crippen molar-refractivity contribution in [3.05, 3.63) is 425 Å². The van der Waals surface area contributed by atoms with Gasteiger partial charge in [0.15, 0.2) is 0 Å². The van der Waals surface area contributed by atoms with E-state index in [2.05, 4.69) is 95.6 Å². The number of aromatic nitrogens is 7. The topological polar surface area (TPSA) is 230 Å². The van der Waals surface area contributed by atoms with Crippen molar-refractivity contribution in [1.29, 1.82) is 0 Å². The zero-order chi connectivity index (χ0) is 89.5. The van der Waals surface area contributed by atoms with Gasteiger partial charge in [-0.05, 0) is 161 Å². The summed E-state index contributed by atoms with van der Waals surface area (Å²) in [5.74, 6) is 4.44. The number of phenols is 1. The van der Waals surface area contributed by atoms with Gasteiger partial charge in [-0.15, -0.1) is 11.3 Å². The van der Waals surface area contributed by atoms with Gasteiger partial charge in [0.1, 0.15) is 58.7 Å². The predicted octanol–water partition coefficient (Wildman–Crippen LogP) is 23.0. The smallest absolute Gasteiger partial charge is 0.872 e. The molecule has 0 saturated heterocycles. The average molecular weight is 1910 g/mol. The first kappa shape index (κ1) is 96.4. The van der Waals surface area contributed by atoms with Crippen LogP contribution in [0.3, 0.4) is 0 Å². The molecule has 134 heavy (non-hydrogen) atoms. The Hall–Kier alpha value is -13.7. The van der Waals surface area contributed by atoms with Gasteiger partial charge in [0.2, 0.25) is 16.6 Å². The Balaban J connectivity index is 0.000000127. The second-order valence-corrected chi connectivity index (χ2v) is 35.2. The van der Waals surface area contributed by atoms with Crippen LogP contribution in [-0.4, -0.2) is 93.7 Å². The van der Waals surface area contributed by atoms with Gasteiger partial charge in [0.25, 0.3) is 15.0 Å². The van der Waals surface area contributed by atoms with Crippen LogP contribution in [0.2, 0.25) is 0 Å². The van der Waals surface area contributed by atoms with Crippen molar-refractivity contribution in [2.45, 2.75) is 6.92 Å². The Labute approximate surface area is 831 Å². The first-order valence-electron chi connectivity index (χ1n) is 41.6. The van der Waals surface area contributed by atoms with E-state index in [1.165, 1.54) is 48.3 Å². The number of aromatic amines is 3. The van der Waals surface area contributed by atoms with Gasteiger partial charge >= 0.3 is 68.6 Å². The first-order chi connectivity index (χ1) is 64.4. The molecule has 0 aliphatic heterocycles. The molecule has 0 spiro atoms. The summed E-state index contributed by atoms with van der Waals surface area (Å²) in [6, 6.07) is 132. The van der Waals surface area contributed by atoms with E-state index in [4.69, 9.17) is 18.9 Å². The van der Waals surface area contributed by atoms with Crippen LogP contribution in [0.15, 0.2) is 419 Å². The fourth-order valence-corrected chi connectivity index (χ4v) is 19.7. The number of rotatable bonds is 15. The number of nitrogens with zero attached hydrogens (tertiary/aromatic N) is 4. The number of fused-ring (bicyclic) bond motifs is 8. The number of aryl methyl sites for hydroxylation is 1. The molecule has 0 atom stereocenters. The zero-order valence-electron chi connectivity index (χ0n) is 72.5. The van der Waals surface area contributed by atoms with Gasteiger partial charge in [-0.2, -0.15) is 15.0 Å². The Kier molecular flexibility index (Phi) is 34.2. The summed E-state index contributed by atoms with van der Waals surface area (Å²) in [5, 5.41) is 54.4. The van der Waals surface area contributed by atoms with E-state index in [9.17, 15) is 20.4 Å². The van der Waals surface area contributed by atoms with Crippen LogP contribution in [0.1, 0.15) is 5.69 Å². The number of H-pyrrole nitrogens is 3. The third-order valence-corrected chi connectivity index (χ3v) is 26.8. The summed E-state index contributed by atoms with van der Waals surface area (Å²) >= 11 is 6.57. The number of hydrogen-bond donors (Lipinski definition) is 1. The number of thiazole rings is 4. The van der Waals surface area contributed by atoms with Gasteiger partial charge in [-0.1, -0.05) is 318 Å². The molecule has 23 rings (SSSR count). The van der Waals surface area contributed by atoms with E-state index < -0.39 is 31.8 Å². The van der Waals surface area contributed by atoms with Crippen LogP contribution in [-0.2, 0) is 19.5 Å². The molecule has 633 valence electrons. The molecule has 7 heterocycles. The molecule has 0 unspecified atom stereocenters. The molecule has 16 nitrogen and oxygen atoms in total. The van der Waals surface area contributed by atoms with Crippen LogP contribution >= 0.6 is 45.3 Å². The van der Waals surface area contributed by atoms with Crippen molar-refractivity contribution in [2.75, 3.05) is 0 Å². The molecule has 0 aliphatic rings. The Morgan fingerprint density at radius 1 is 0.313 bits per heavy atom. The summed E-state index contributed by atoms with van der Waals surface area (Å²) in [6.45, 7) is 1.98. The predicted molar refractivity (Wildman–Crippen MR) is 541 cm³/mol. The largest absolute Gasteiger partial charge is 2.00 e. The Morgan fingerprint density at radius 2 is 0.694 bits per heavy atom. The van der Waals surface area contributed by atoms with Gasteiger partial charge in [-0.3, -0.25) is 9.97 Å². The average Bonchev–Trinajstić information content (AvgIpc) is 1.62. The van der Waals surface area contributed by atoms with E-state index in [1.54, 1.807) is 94.1 Å². The fourth-order valence-electron chi connectivity index (χ4n) is 14.1. The SMILES string of the molecule is Cc1ccc2cccc([O][Al][O]c3ccc(-c4ccccc4)cc3)c2n1.Oc1ccccc1-c1nc2ccccc2s1.[AlH][O]c1cccc2cccnc12.[Be+2].[Be+2].[O-]c1cc2ccccc2cc1-c1[nH+]c2ccccc2s1.[O-]c1ccccc1-c1[nH+]c2ccccc2s1.[O-]c1ccccc1-c1[nH+]c2ccccc2s1.[Zn].c1ccc(-c2ccc([O][Al][O]c3cccc4cccnc34)cc2)cc1. The van der Waals surface area contributed by atoms with Gasteiger partial charge in [-0.25, -0.2) is 9.97 Å². The maximum absolute atomic E-state index is 12.3. The second-order valence-electron chi connectivity index (χ2n) is 29.4. The third-order valence-electron chi connectivity index (χ3n) is 20.6. The van der Waals surface area contributed by atoms with Crippen molar-refractivity contribution in [3.63, 3.8) is 0 Å². The number of hydrogen-bond acceptors (Lipinski definition) is 17. The van der Waals surface area contributed by atoms with Gasteiger partial charge in [0, 0.05) is 83.1 Å². The number of phenolic OH excluding ortho intramolecular Hbond substituents is 1. The molecule has 3 radical (unpaired) electrons. The molecule has 0 amide bonds. The van der Waals surface area contributed by atoms with Crippen LogP contribution in [0.4, 0.5) is 0 Å². The normalized spacial score (nSPS) is 10.4. The summed E-state index contributed by atoms with van der Waals surface area (Å²) in [7, 11) is 0. The molecule has 26 heteroatoms. The molecule has 4 N–H and O–H groups in total. The van der Waals surface area contributed by atoms with Crippen LogP contribution in [0.5, 0.6) is 51.7 Å². The zero-order valence-corrected chi connectivity index (χ0v) is 82.4. The molecule has 0 aliphatic carbocycles. The molecular weight excluding hydrogens is 1830 g/mol. The second kappa shape index (κ2) is 47.6. The standard InChI is InChI=1S/C17H11NOS.3C13H9NOS.2C12H10O.C10H9NO.2C9H7NO.3Al.2Be.Zn.H/c19-15-10-12-6-2-1-5-11(12)9-13(15)17-18-14-7-3-4-8-16(14)20-17;3*15-11-7-3-1-5-9(11)13-14-10-6-2-4-8-12(10)16-13;2*13-12-8-6-11(7-9-12)10-4-2-1-3-5-10;1-7-5-6-8-3-2-4-9(12)10(8)11-7;2*11-8-5-1-3-7-4-2-6-10-9(7)8;;;;;;;/h1-10,19H;3*1-8,15H;2*1-9,13H;2-6,12H,1H3;2*1-6,11H;;;;;;;/q;;;;;;;;;+1;4*+2;;/p-5. The molecular formula is C108H77Al3Be2N7O9S4Zn+4. The van der Waals surface area contributed by atoms with E-state index in [-0.39, 0.29) is 62.7 Å². The molecule has 16 aromatic carbocycles. The van der Waals surface area contributed by atoms with E-state index in [0.717, 1.165) is 152 Å². The number of para-hydroxylation sites is 10. The van der Waals surface area contributed by atoms with Gasteiger partial charge in [0.05, 0.1) is 32.8 Å². The third kappa shape index (κ3) is 24.6. The van der Waals surface area contributed by atoms with Crippen molar-refractivity contribution in [1.82, 2.24) is 19.9 Å². The Bertz CT molecular complexity index is 7400. The Morgan fingerprint density at radius 3 is 1.17 bits per heavy atom. The monoisotopic (exact) mass is 1910 g/mol. The minimum Gasteiger partial charge on any atom is -0.872 e. The quantitative estimate of drug-likeness (QED) is 0.0943. The summed E-state index contributed by atoms with van der Waals surface area (Å²) in [6.07, 6.45) is 3.54. The van der Waals surface area contributed by atoms with Crippen LogP contribution in [0, 0.1) is 6.92 Å². The number of nitrogens with one attached hydrogen (secondary N) is 3. The van der Waals surface area contributed by atoms with Crippen molar-refractivity contribution < 1.29 is 73.8 Å². The number of aromatic hydroxyl groups is 1. The van der Waals surface area contributed by atoms with Crippen molar-refractivity contribution in [3.8, 4) is 116 Å². The molecule has 0 saturated carbocycles. The van der Waals surface area contributed by atoms with E-state index in [1.807, 2.05) is 316 Å². The molecule has 0 bridgehead atoms. The molecule has 0 fully saturated rings. The summed E-state index contributed by atoms with van der Waals surface area (Å²) in [5.41, 5.74) is 15.6. The summed E-state index contributed by atoms with van der Waals surface area (Å²) in [4.78, 5) is 27.6. The van der Waals surface area contributed by atoms with Gasteiger partial charge < -0.3 is 39.4 Å². The van der Waals surface area contributed by atoms with Crippen molar-refractivity contribution in [2.24, 2.45) is 0 Å². The summed E-state index contributed by atoms with van der Waals surface area (Å²) < 4.78 is 33.2. The number of pyridine rings is 3. The van der Waals surface area contributed by atoms with Crippen LogP contribution < -0.4 is 49.2 Å². The first-order valence-corrected chi connectivity index (χ1v) is 47.3. The van der Waals surface area contributed by atoms with E-state index in [0.29, 0.717) is 0 Å². The minimum atomic E-state index is -0.665. The van der Waals surface area contributed by atoms with Crippen molar-refractivity contribution >= 4 is 198 Å². The molecule has 23 aromatic rings. The maximum atomic E-state index is 12.3. The maximum Gasteiger partial charge on any atom is 2.00 e. The molecule has 7 aromatic heterocycles. The minimum absolute atomic E-state index is 0. The fraction of sp³-hybridized carbons (Fsp3) is 0.00926. The van der Waals surface area contributed by atoms with Crippen LogP contribution in [0.25, 0.3) is 149 Å².